The molecule has 0 saturated heterocycles. The van der Waals surface area contributed by atoms with E-state index in [4.69, 9.17) is 4.74 Å². The average Bonchev–Trinajstić information content (AvgIpc) is 2.81. The predicted octanol–water partition coefficient (Wildman–Crippen LogP) is 3.19. The molecule has 1 aliphatic rings. The van der Waals surface area contributed by atoms with Crippen LogP contribution in [0, 0.1) is 5.92 Å². The third-order valence-electron chi connectivity index (χ3n) is 3.48. The first kappa shape index (κ1) is 13.4. The Morgan fingerprint density at radius 2 is 1.94 bits per heavy atom. The summed E-state index contributed by atoms with van der Waals surface area (Å²) in [5, 5.41) is 3.44. The topological polar surface area (TPSA) is 21.3 Å². The molecule has 1 N–H and O–H groups in total. The van der Waals surface area contributed by atoms with Crippen LogP contribution in [-0.4, -0.2) is 19.2 Å². The van der Waals surface area contributed by atoms with E-state index in [2.05, 4.69) is 44.3 Å². The van der Waals surface area contributed by atoms with E-state index >= 15 is 0 Å². The molecule has 0 saturated carbocycles. The Labute approximate surface area is 111 Å². The summed E-state index contributed by atoms with van der Waals surface area (Å²) >= 11 is 0. The highest BCUT2D eigenvalue weighted by Crippen LogP contribution is 2.26. The van der Waals surface area contributed by atoms with Gasteiger partial charge in [-0.3, -0.25) is 0 Å². The number of fused-ring (bicyclic) bond motifs is 1. The summed E-state index contributed by atoms with van der Waals surface area (Å²) in [7, 11) is 0. The molecule has 0 bridgehead atoms. The van der Waals surface area contributed by atoms with E-state index in [1.165, 1.54) is 30.4 Å². The van der Waals surface area contributed by atoms with Crippen molar-refractivity contribution >= 4 is 0 Å². The molecule has 0 fully saturated rings. The number of hydrogen-bond donors (Lipinski definition) is 1. The summed E-state index contributed by atoms with van der Waals surface area (Å²) < 4.78 is 5.89. The summed E-state index contributed by atoms with van der Waals surface area (Å²) in [6.45, 7) is 8.38. The van der Waals surface area contributed by atoms with Gasteiger partial charge in [0.05, 0.1) is 6.61 Å². The van der Waals surface area contributed by atoms with E-state index in [0.29, 0.717) is 12.0 Å². The highest BCUT2D eigenvalue weighted by Gasteiger charge is 2.11. The fraction of sp³-hybridized carbons (Fsp3) is 0.625. The van der Waals surface area contributed by atoms with E-state index in [1.54, 1.807) is 0 Å². The van der Waals surface area contributed by atoms with Gasteiger partial charge in [0.25, 0.3) is 0 Å². The molecule has 1 unspecified atom stereocenters. The standard InChI is InChI=1S/C16H25NO/c1-12(2)17-10-13(3)11-18-16-8-7-14-5-4-6-15(14)9-16/h7-9,12-13,17H,4-6,10-11H2,1-3H3. The summed E-state index contributed by atoms with van der Waals surface area (Å²) in [6, 6.07) is 7.12. The lowest BCUT2D eigenvalue weighted by Gasteiger charge is -2.16. The third-order valence-corrected chi connectivity index (χ3v) is 3.48. The Morgan fingerprint density at radius 3 is 2.72 bits per heavy atom. The van der Waals surface area contributed by atoms with Gasteiger partial charge in [0, 0.05) is 18.5 Å². The van der Waals surface area contributed by atoms with Crippen molar-refractivity contribution in [3.05, 3.63) is 29.3 Å². The maximum atomic E-state index is 5.89. The minimum Gasteiger partial charge on any atom is -0.493 e. The molecule has 18 heavy (non-hydrogen) atoms. The zero-order chi connectivity index (χ0) is 13.0. The molecule has 2 nitrogen and oxygen atoms in total. The molecular weight excluding hydrogens is 222 g/mol. The van der Waals surface area contributed by atoms with Gasteiger partial charge in [0.2, 0.25) is 0 Å². The fourth-order valence-electron chi connectivity index (χ4n) is 2.37. The van der Waals surface area contributed by atoms with Gasteiger partial charge in [-0.15, -0.1) is 0 Å². The monoisotopic (exact) mass is 247 g/mol. The van der Waals surface area contributed by atoms with Crippen LogP contribution in [0.25, 0.3) is 0 Å². The summed E-state index contributed by atoms with van der Waals surface area (Å²) in [6.07, 6.45) is 3.76. The first-order valence-electron chi connectivity index (χ1n) is 7.13. The van der Waals surface area contributed by atoms with Crippen molar-refractivity contribution in [2.45, 2.75) is 46.1 Å². The van der Waals surface area contributed by atoms with Gasteiger partial charge < -0.3 is 10.1 Å². The highest BCUT2D eigenvalue weighted by atomic mass is 16.5. The van der Waals surface area contributed by atoms with Crippen LogP contribution in [0.1, 0.15) is 38.3 Å². The van der Waals surface area contributed by atoms with Crippen LogP contribution in [0.2, 0.25) is 0 Å². The molecule has 0 aliphatic heterocycles. The maximum Gasteiger partial charge on any atom is 0.119 e. The fourth-order valence-corrected chi connectivity index (χ4v) is 2.37. The summed E-state index contributed by atoms with van der Waals surface area (Å²) in [4.78, 5) is 0. The summed E-state index contributed by atoms with van der Waals surface area (Å²) in [5.41, 5.74) is 3.00. The van der Waals surface area contributed by atoms with Crippen LogP contribution in [0.4, 0.5) is 0 Å². The van der Waals surface area contributed by atoms with Crippen molar-refractivity contribution in [2.24, 2.45) is 5.92 Å². The van der Waals surface area contributed by atoms with Crippen molar-refractivity contribution in [3.63, 3.8) is 0 Å². The van der Waals surface area contributed by atoms with Gasteiger partial charge in [0.1, 0.15) is 5.75 Å². The molecule has 100 valence electrons. The number of aryl methyl sites for hydroxylation is 2. The molecule has 1 aliphatic carbocycles. The Bertz CT molecular complexity index is 387. The molecule has 0 spiro atoms. The van der Waals surface area contributed by atoms with E-state index in [0.717, 1.165) is 18.9 Å². The average molecular weight is 247 g/mol. The van der Waals surface area contributed by atoms with E-state index in [-0.39, 0.29) is 0 Å². The SMILES string of the molecule is CC(CNC(C)C)COc1ccc2c(c1)CCC2. The van der Waals surface area contributed by atoms with Crippen LogP contribution in [0.5, 0.6) is 5.75 Å². The van der Waals surface area contributed by atoms with Crippen molar-refractivity contribution < 1.29 is 4.74 Å². The van der Waals surface area contributed by atoms with Gasteiger partial charge in [-0.05, 0) is 42.5 Å². The molecule has 0 amide bonds. The molecule has 1 atom stereocenters. The molecule has 0 aromatic heterocycles. The van der Waals surface area contributed by atoms with E-state index in [1.807, 2.05) is 0 Å². The molecule has 2 heteroatoms. The molecule has 2 rings (SSSR count). The van der Waals surface area contributed by atoms with Gasteiger partial charge in [-0.25, -0.2) is 0 Å². The van der Waals surface area contributed by atoms with Gasteiger partial charge in [0.15, 0.2) is 0 Å². The Morgan fingerprint density at radius 1 is 1.17 bits per heavy atom. The number of rotatable bonds is 6. The lowest BCUT2D eigenvalue weighted by molar-refractivity contribution is 0.253. The first-order valence-corrected chi connectivity index (χ1v) is 7.13. The number of nitrogens with one attached hydrogen (secondary N) is 1. The van der Waals surface area contributed by atoms with Gasteiger partial charge >= 0.3 is 0 Å². The van der Waals surface area contributed by atoms with Crippen molar-refractivity contribution in [2.75, 3.05) is 13.2 Å². The van der Waals surface area contributed by atoms with Crippen LogP contribution >= 0.6 is 0 Å². The lowest BCUT2D eigenvalue weighted by atomic mass is 10.1. The van der Waals surface area contributed by atoms with Gasteiger partial charge in [-0.1, -0.05) is 26.8 Å². The molecule has 1 aromatic rings. The van der Waals surface area contributed by atoms with Crippen LogP contribution in [0.3, 0.4) is 0 Å². The van der Waals surface area contributed by atoms with Crippen molar-refractivity contribution in [1.29, 1.82) is 0 Å². The smallest absolute Gasteiger partial charge is 0.119 e. The third kappa shape index (κ3) is 3.74. The molecule has 0 radical (unpaired) electrons. The second-order valence-corrected chi connectivity index (χ2v) is 5.76. The van der Waals surface area contributed by atoms with Crippen LogP contribution < -0.4 is 10.1 Å². The molecule has 1 aromatic carbocycles. The van der Waals surface area contributed by atoms with Crippen molar-refractivity contribution in [3.8, 4) is 5.75 Å². The molecule has 0 heterocycles. The number of hydrogen-bond acceptors (Lipinski definition) is 2. The molecular formula is C16H25NO. The minimum absolute atomic E-state index is 0.542. The van der Waals surface area contributed by atoms with E-state index < -0.39 is 0 Å². The van der Waals surface area contributed by atoms with Gasteiger partial charge in [-0.2, -0.15) is 0 Å². The summed E-state index contributed by atoms with van der Waals surface area (Å²) in [5.74, 6) is 1.58. The Balaban J connectivity index is 1.79. The largest absolute Gasteiger partial charge is 0.493 e. The van der Waals surface area contributed by atoms with Crippen LogP contribution in [0.15, 0.2) is 18.2 Å². The predicted molar refractivity (Wildman–Crippen MR) is 76.3 cm³/mol. The second kappa shape index (κ2) is 6.24. The zero-order valence-corrected chi connectivity index (χ0v) is 11.8. The second-order valence-electron chi connectivity index (χ2n) is 5.76. The Hall–Kier alpha value is -1.02. The zero-order valence-electron chi connectivity index (χ0n) is 11.8. The van der Waals surface area contributed by atoms with Crippen LogP contribution in [-0.2, 0) is 12.8 Å². The lowest BCUT2D eigenvalue weighted by Crippen LogP contribution is -2.30. The number of benzene rings is 1. The quantitative estimate of drug-likeness (QED) is 0.833. The van der Waals surface area contributed by atoms with E-state index in [9.17, 15) is 0 Å². The minimum atomic E-state index is 0.542. The highest BCUT2D eigenvalue weighted by molar-refractivity contribution is 5.38. The maximum absolute atomic E-state index is 5.89. The first-order chi connectivity index (χ1) is 8.65. The van der Waals surface area contributed by atoms with Crippen molar-refractivity contribution in [1.82, 2.24) is 5.32 Å². The Kier molecular flexibility index (Phi) is 4.65. The normalized spacial score (nSPS) is 15.8. The number of ether oxygens (including phenoxy) is 1.